The van der Waals surface area contributed by atoms with Gasteiger partial charge in [0.05, 0.1) is 5.36 Å². The maximum absolute atomic E-state index is 13.0. The molecule has 0 unspecified atom stereocenters. The van der Waals surface area contributed by atoms with E-state index in [0.29, 0.717) is 27.0 Å². The van der Waals surface area contributed by atoms with Crippen LogP contribution in [0, 0.1) is 0 Å². The number of hydrogen-bond donors (Lipinski definition) is 1. The second kappa shape index (κ2) is 7.53. The number of thioether (sulfide) groups is 1. The van der Waals surface area contributed by atoms with Gasteiger partial charge in [-0.3, -0.25) is 10.1 Å². The van der Waals surface area contributed by atoms with E-state index in [4.69, 9.17) is 14.5 Å². The van der Waals surface area contributed by atoms with Gasteiger partial charge in [-0.1, -0.05) is 60.3 Å². The molecule has 5 rings (SSSR count). The summed E-state index contributed by atoms with van der Waals surface area (Å²) in [6, 6.07) is 21.3. The van der Waals surface area contributed by atoms with Crippen molar-refractivity contribution < 1.29 is 9.21 Å². The van der Waals surface area contributed by atoms with Crippen LogP contribution in [0.1, 0.15) is 17.5 Å². The first-order chi connectivity index (χ1) is 14.2. The second-order valence-corrected chi connectivity index (χ2v) is 8.23. The number of amidine groups is 1. The summed E-state index contributed by atoms with van der Waals surface area (Å²) >= 11 is 4.82. The molecule has 0 spiro atoms. The van der Waals surface area contributed by atoms with Crippen LogP contribution in [0.4, 0.5) is 0 Å². The Balaban J connectivity index is 1.57. The average Bonchev–Trinajstić information content (AvgIpc) is 3.18. The van der Waals surface area contributed by atoms with Crippen LogP contribution >= 0.6 is 27.7 Å². The number of hydrogen-bond acceptors (Lipinski definition) is 6. The van der Waals surface area contributed by atoms with Gasteiger partial charge in [0, 0.05) is 11.0 Å². The van der Waals surface area contributed by atoms with Gasteiger partial charge in [-0.15, -0.1) is 5.10 Å². The molecule has 8 heteroatoms. The SMILES string of the molecule is O=C1NC(SCc2ccccc2)=NN2C1=c1ccccc1=N[C@H]2c1ccc(Br)o1. The standard InChI is InChI=1S/C21H15BrN4O2S/c22-17-11-10-16(28-17)19-23-15-9-5-4-8-14(15)18-20(27)24-21(25-26(18)19)29-12-13-6-2-1-3-7-13/h1-11,19H,12H2,(H,24,25,27)/t19-/m1/s1. The number of nitrogens with zero attached hydrogens (tertiary/aromatic N) is 3. The maximum atomic E-state index is 13.0. The first kappa shape index (κ1) is 18.2. The fourth-order valence-electron chi connectivity index (χ4n) is 3.27. The lowest BCUT2D eigenvalue weighted by Gasteiger charge is -2.32. The molecule has 0 radical (unpaired) electrons. The van der Waals surface area contributed by atoms with Gasteiger partial charge in [0.15, 0.2) is 15.6 Å². The number of fused-ring (bicyclic) bond motifs is 2. The highest BCUT2D eigenvalue weighted by Crippen LogP contribution is 2.32. The highest BCUT2D eigenvalue weighted by molar-refractivity contribution is 9.10. The summed E-state index contributed by atoms with van der Waals surface area (Å²) < 4.78 is 6.35. The molecule has 2 aliphatic heterocycles. The molecule has 2 aliphatic rings. The number of carbonyl (C=O) groups is 1. The quantitative estimate of drug-likeness (QED) is 0.643. The van der Waals surface area contributed by atoms with Crippen LogP contribution in [-0.4, -0.2) is 16.1 Å². The van der Waals surface area contributed by atoms with E-state index in [9.17, 15) is 4.79 Å². The second-order valence-electron chi connectivity index (χ2n) is 6.49. The summed E-state index contributed by atoms with van der Waals surface area (Å²) in [4.78, 5) is 17.8. The molecular weight excluding hydrogens is 452 g/mol. The molecule has 0 saturated carbocycles. The fraction of sp³-hybridized carbons (Fsp3) is 0.0952. The maximum Gasteiger partial charge on any atom is 0.276 e. The first-order valence-electron chi connectivity index (χ1n) is 8.97. The number of halogens is 1. The van der Waals surface area contributed by atoms with Crippen molar-refractivity contribution in [1.29, 1.82) is 0 Å². The number of benzene rings is 2. The van der Waals surface area contributed by atoms with Crippen LogP contribution in [0.3, 0.4) is 0 Å². The Morgan fingerprint density at radius 2 is 1.86 bits per heavy atom. The third-order valence-corrected chi connectivity index (χ3v) is 5.94. The molecule has 1 amide bonds. The van der Waals surface area contributed by atoms with Gasteiger partial charge in [0.25, 0.3) is 5.91 Å². The van der Waals surface area contributed by atoms with Crippen LogP contribution < -0.4 is 15.9 Å². The number of para-hydroxylation sites is 1. The van der Waals surface area contributed by atoms with Gasteiger partial charge in [0.1, 0.15) is 5.70 Å². The van der Waals surface area contributed by atoms with Crippen molar-refractivity contribution >= 4 is 44.5 Å². The Labute approximate surface area is 179 Å². The molecule has 1 N–H and O–H groups in total. The predicted molar refractivity (Wildman–Crippen MR) is 115 cm³/mol. The zero-order valence-electron chi connectivity index (χ0n) is 15.1. The van der Waals surface area contributed by atoms with E-state index in [0.717, 1.165) is 16.1 Å². The van der Waals surface area contributed by atoms with Crippen molar-refractivity contribution in [2.45, 2.75) is 11.9 Å². The van der Waals surface area contributed by atoms with Crippen LogP contribution in [0.15, 0.2) is 85.9 Å². The van der Waals surface area contributed by atoms with Crippen LogP contribution in [0.2, 0.25) is 0 Å². The van der Waals surface area contributed by atoms with E-state index in [1.54, 1.807) is 5.01 Å². The predicted octanol–water partition coefficient (Wildman–Crippen LogP) is 3.12. The zero-order chi connectivity index (χ0) is 19.8. The van der Waals surface area contributed by atoms with E-state index < -0.39 is 6.17 Å². The molecule has 1 aromatic heterocycles. The molecule has 144 valence electrons. The Morgan fingerprint density at radius 1 is 1.07 bits per heavy atom. The van der Waals surface area contributed by atoms with E-state index in [1.165, 1.54) is 11.8 Å². The summed E-state index contributed by atoms with van der Waals surface area (Å²) in [5.41, 5.74) is 1.63. The highest BCUT2D eigenvalue weighted by atomic mass is 79.9. The Kier molecular flexibility index (Phi) is 4.73. The molecule has 0 bridgehead atoms. The van der Waals surface area contributed by atoms with Crippen LogP contribution in [0.25, 0.3) is 5.70 Å². The van der Waals surface area contributed by atoms with E-state index in [2.05, 4.69) is 21.2 Å². The lowest BCUT2D eigenvalue weighted by atomic mass is 10.1. The number of amides is 1. The minimum atomic E-state index is -0.551. The van der Waals surface area contributed by atoms with Gasteiger partial charge >= 0.3 is 0 Å². The minimum absolute atomic E-state index is 0.200. The third kappa shape index (κ3) is 3.49. The molecule has 0 aliphatic carbocycles. The van der Waals surface area contributed by atoms with Gasteiger partial charge in [0.2, 0.25) is 6.17 Å². The molecule has 6 nitrogen and oxygen atoms in total. The smallest absolute Gasteiger partial charge is 0.276 e. The normalized spacial score (nSPS) is 17.8. The molecule has 1 atom stereocenters. The summed E-state index contributed by atoms with van der Waals surface area (Å²) in [7, 11) is 0. The Morgan fingerprint density at radius 3 is 2.66 bits per heavy atom. The van der Waals surface area contributed by atoms with Crippen molar-refractivity contribution in [3.05, 3.63) is 93.3 Å². The molecule has 0 fully saturated rings. The Hall–Kier alpha value is -2.84. The monoisotopic (exact) mass is 466 g/mol. The lowest BCUT2D eigenvalue weighted by Crippen LogP contribution is -2.50. The van der Waals surface area contributed by atoms with E-state index >= 15 is 0 Å². The summed E-state index contributed by atoms with van der Waals surface area (Å²) in [6.45, 7) is 0. The van der Waals surface area contributed by atoms with Gasteiger partial charge in [-0.2, -0.15) is 0 Å². The topological polar surface area (TPSA) is 70.2 Å². The number of nitrogens with one attached hydrogen (secondary N) is 1. The lowest BCUT2D eigenvalue weighted by molar-refractivity contribution is -0.116. The van der Waals surface area contributed by atoms with Gasteiger partial charge < -0.3 is 4.42 Å². The largest absolute Gasteiger partial charge is 0.450 e. The average molecular weight is 467 g/mol. The van der Waals surface area contributed by atoms with Gasteiger partial charge in [-0.05, 0) is 39.7 Å². The number of hydrazone groups is 1. The van der Waals surface area contributed by atoms with E-state index in [-0.39, 0.29) is 5.91 Å². The molecule has 3 aromatic rings. The van der Waals surface area contributed by atoms with Crippen molar-refractivity contribution in [2.24, 2.45) is 10.1 Å². The number of carbonyl (C=O) groups excluding carboxylic acids is 1. The van der Waals surface area contributed by atoms with Crippen molar-refractivity contribution in [1.82, 2.24) is 10.3 Å². The molecular formula is C21H15BrN4O2S. The Bertz CT molecular complexity index is 1240. The molecule has 29 heavy (non-hydrogen) atoms. The fourth-order valence-corrected chi connectivity index (χ4v) is 4.40. The molecule has 0 saturated heterocycles. The number of rotatable bonds is 3. The van der Waals surface area contributed by atoms with Crippen LogP contribution in [0.5, 0.6) is 0 Å². The number of furan rings is 1. The zero-order valence-corrected chi connectivity index (χ0v) is 17.5. The third-order valence-electron chi connectivity index (χ3n) is 4.58. The van der Waals surface area contributed by atoms with Crippen LogP contribution in [-0.2, 0) is 10.5 Å². The molecule has 3 heterocycles. The van der Waals surface area contributed by atoms with E-state index in [1.807, 2.05) is 66.7 Å². The first-order valence-corrected chi connectivity index (χ1v) is 10.8. The van der Waals surface area contributed by atoms with Crippen molar-refractivity contribution in [3.8, 4) is 0 Å². The van der Waals surface area contributed by atoms with Crippen molar-refractivity contribution in [2.75, 3.05) is 0 Å². The van der Waals surface area contributed by atoms with Gasteiger partial charge in [-0.25, -0.2) is 10.0 Å². The highest BCUT2D eigenvalue weighted by Gasteiger charge is 2.35. The summed E-state index contributed by atoms with van der Waals surface area (Å²) in [5.74, 6) is 1.11. The molecule has 2 aromatic carbocycles. The minimum Gasteiger partial charge on any atom is -0.450 e. The summed E-state index contributed by atoms with van der Waals surface area (Å²) in [6.07, 6.45) is -0.551. The summed E-state index contributed by atoms with van der Waals surface area (Å²) in [5, 5.41) is 11.3. The van der Waals surface area contributed by atoms with Crippen molar-refractivity contribution in [3.63, 3.8) is 0 Å².